The Labute approximate surface area is 189 Å². The van der Waals surface area contributed by atoms with Crippen LogP contribution in [0.15, 0.2) is 83.7 Å². The fourth-order valence-corrected chi connectivity index (χ4v) is 3.32. The molecule has 0 spiro atoms. The molecule has 0 saturated carbocycles. The first-order valence-electron chi connectivity index (χ1n) is 10.4. The van der Waals surface area contributed by atoms with Gasteiger partial charge in [0.15, 0.2) is 12.3 Å². The number of benzene rings is 3. The summed E-state index contributed by atoms with van der Waals surface area (Å²) in [5.74, 6) is -0.159. The van der Waals surface area contributed by atoms with Gasteiger partial charge in [-0.2, -0.15) is 9.78 Å². The molecule has 2 N–H and O–H groups in total. The van der Waals surface area contributed by atoms with Crippen LogP contribution in [0, 0.1) is 0 Å². The molecule has 166 valence electrons. The van der Waals surface area contributed by atoms with E-state index < -0.39 is 5.91 Å². The van der Waals surface area contributed by atoms with Crippen LogP contribution in [0.4, 0.5) is 5.69 Å². The first-order chi connectivity index (χ1) is 16.1. The van der Waals surface area contributed by atoms with Crippen LogP contribution in [-0.2, 0) is 4.79 Å². The molecule has 0 aliphatic carbocycles. The maximum atomic E-state index is 13.1. The quantitative estimate of drug-likeness (QED) is 0.458. The van der Waals surface area contributed by atoms with E-state index in [1.807, 2.05) is 13.0 Å². The highest BCUT2D eigenvalue weighted by Crippen LogP contribution is 2.19. The summed E-state index contributed by atoms with van der Waals surface area (Å²) < 4.78 is 6.66. The van der Waals surface area contributed by atoms with Crippen molar-refractivity contribution in [1.82, 2.24) is 15.1 Å². The van der Waals surface area contributed by atoms with E-state index in [2.05, 4.69) is 15.7 Å². The number of aromatic nitrogens is 2. The molecule has 0 aliphatic heterocycles. The number of hydrogen-bond acceptors (Lipinski definition) is 5. The fourth-order valence-electron chi connectivity index (χ4n) is 3.32. The maximum absolute atomic E-state index is 13.1. The molecule has 4 rings (SSSR count). The largest absolute Gasteiger partial charge is 0.484 e. The minimum absolute atomic E-state index is 0.0868. The number of carbonyl (C=O) groups excluding carboxylic acids is 2. The lowest BCUT2D eigenvalue weighted by molar-refractivity contribution is -0.122. The molecule has 0 fully saturated rings. The van der Waals surface area contributed by atoms with E-state index in [9.17, 15) is 14.4 Å². The molecule has 4 aromatic rings. The second kappa shape index (κ2) is 9.78. The van der Waals surface area contributed by atoms with Crippen LogP contribution in [0.5, 0.6) is 5.75 Å². The van der Waals surface area contributed by atoms with E-state index in [1.165, 1.54) is 4.68 Å². The highest BCUT2D eigenvalue weighted by Gasteiger charge is 2.17. The van der Waals surface area contributed by atoms with Crippen molar-refractivity contribution < 1.29 is 14.3 Å². The van der Waals surface area contributed by atoms with Gasteiger partial charge in [-0.25, -0.2) is 0 Å². The Kier molecular flexibility index (Phi) is 6.45. The van der Waals surface area contributed by atoms with E-state index in [4.69, 9.17) is 4.74 Å². The van der Waals surface area contributed by atoms with Crippen LogP contribution in [0.1, 0.15) is 17.4 Å². The number of amides is 2. The third kappa shape index (κ3) is 4.90. The lowest BCUT2D eigenvalue weighted by Crippen LogP contribution is -2.28. The standard InChI is InChI=1S/C25H22N4O4/c1-2-26-22(30)16-33-19-14-12-17(13-15-19)27-24(31)23-20-10-6-7-11-21(20)25(32)29(28-23)18-8-4-3-5-9-18/h3-15H,2,16H2,1H3,(H,26,30)(H,27,31). The first kappa shape index (κ1) is 21.8. The number of rotatable bonds is 7. The van der Waals surface area contributed by atoms with Crippen LogP contribution in [0.3, 0.4) is 0 Å². The van der Waals surface area contributed by atoms with Crippen LogP contribution in [0.25, 0.3) is 16.5 Å². The van der Waals surface area contributed by atoms with Crippen molar-refractivity contribution in [2.24, 2.45) is 0 Å². The lowest BCUT2D eigenvalue weighted by Gasteiger charge is -2.12. The SMILES string of the molecule is CCNC(=O)COc1ccc(NC(=O)c2nn(-c3ccccc3)c(=O)c3ccccc23)cc1. The summed E-state index contributed by atoms with van der Waals surface area (Å²) in [5, 5.41) is 10.7. The molecular formula is C25H22N4O4. The third-order valence-corrected chi connectivity index (χ3v) is 4.88. The molecule has 0 atom stereocenters. The van der Waals surface area contributed by atoms with Crippen molar-refractivity contribution in [1.29, 1.82) is 0 Å². The molecule has 8 heteroatoms. The van der Waals surface area contributed by atoms with Crippen molar-refractivity contribution in [3.8, 4) is 11.4 Å². The molecule has 0 saturated heterocycles. The van der Waals surface area contributed by atoms with Gasteiger partial charge >= 0.3 is 0 Å². The summed E-state index contributed by atoms with van der Waals surface area (Å²) in [7, 11) is 0. The summed E-state index contributed by atoms with van der Waals surface area (Å²) >= 11 is 0. The predicted octanol–water partition coefficient (Wildman–Crippen LogP) is 3.15. The van der Waals surface area contributed by atoms with Gasteiger partial charge in [-0.15, -0.1) is 0 Å². The van der Waals surface area contributed by atoms with Gasteiger partial charge in [0.2, 0.25) is 0 Å². The number of fused-ring (bicyclic) bond motifs is 1. The van der Waals surface area contributed by atoms with Crippen LogP contribution in [0.2, 0.25) is 0 Å². The summed E-state index contributed by atoms with van der Waals surface area (Å²) in [4.78, 5) is 37.6. The van der Waals surface area contributed by atoms with E-state index in [1.54, 1.807) is 72.8 Å². The van der Waals surface area contributed by atoms with Crippen LogP contribution < -0.4 is 20.9 Å². The van der Waals surface area contributed by atoms with Gasteiger partial charge in [0.25, 0.3) is 17.4 Å². The Morgan fingerprint density at radius 3 is 2.27 bits per heavy atom. The minimum atomic E-state index is -0.452. The average Bonchev–Trinajstić information content (AvgIpc) is 2.85. The normalized spacial score (nSPS) is 10.6. The Hall–Kier alpha value is -4.46. The maximum Gasteiger partial charge on any atom is 0.279 e. The number of likely N-dealkylation sites (N-methyl/N-ethyl adjacent to an activating group) is 1. The first-order valence-corrected chi connectivity index (χ1v) is 10.4. The van der Waals surface area contributed by atoms with E-state index in [0.29, 0.717) is 34.4 Å². The number of ether oxygens (including phenoxy) is 1. The minimum Gasteiger partial charge on any atom is -0.484 e. The van der Waals surface area contributed by atoms with Crippen LogP contribution in [-0.4, -0.2) is 34.7 Å². The number of nitrogens with one attached hydrogen (secondary N) is 2. The Morgan fingerprint density at radius 1 is 0.909 bits per heavy atom. The average molecular weight is 442 g/mol. The van der Waals surface area contributed by atoms with Gasteiger partial charge in [0.05, 0.1) is 11.1 Å². The third-order valence-electron chi connectivity index (χ3n) is 4.88. The zero-order valence-electron chi connectivity index (χ0n) is 17.9. The smallest absolute Gasteiger partial charge is 0.279 e. The van der Waals surface area contributed by atoms with Gasteiger partial charge < -0.3 is 15.4 Å². The molecule has 1 heterocycles. The zero-order valence-corrected chi connectivity index (χ0v) is 17.9. The summed E-state index contributed by atoms with van der Waals surface area (Å²) in [6.07, 6.45) is 0. The molecule has 1 aromatic heterocycles. The van der Waals surface area contributed by atoms with Crippen molar-refractivity contribution in [3.05, 3.63) is 94.9 Å². The summed E-state index contributed by atoms with van der Waals surface area (Å²) in [6, 6.07) is 22.5. The molecule has 0 aliphatic rings. The molecule has 8 nitrogen and oxygen atoms in total. The highest BCUT2D eigenvalue weighted by molar-refractivity contribution is 6.11. The number of anilines is 1. The van der Waals surface area contributed by atoms with Crippen molar-refractivity contribution in [2.45, 2.75) is 6.92 Å². The Morgan fingerprint density at radius 2 is 1.58 bits per heavy atom. The number of carbonyl (C=O) groups is 2. The molecule has 3 aromatic carbocycles. The predicted molar refractivity (Wildman–Crippen MR) is 126 cm³/mol. The molecular weight excluding hydrogens is 420 g/mol. The van der Waals surface area contributed by atoms with E-state index in [-0.39, 0.29) is 23.8 Å². The van der Waals surface area contributed by atoms with Gasteiger partial charge in [-0.05, 0) is 49.4 Å². The van der Waals surface area contributed by atoms with Gasteiger partial charge in [0.1, 0.15) is 5.75 Å². The van der Waals surface area contributed by atoms with E-state index in [0.717, 1.165) is 0 Å². The van der Waals surface area contributed by atoms with Gasteiger partial charge in [-0.3, -0.25) is 14.4 Å². The van der Waals surface area contributed by atoms with Gasteiger partial charge in [-0.1, -0.05) is 36.4 Å². The monoisotopic (exact) mass is 442 g/mol. The molecule has 0 bridgehead atoms. The van der Waals surface area contributed by atoms with Crippen molar-refractivity contribution in [2.75, 3.05) is 18.5 Å². The fraction of sp³-hybridized carbons (Fsp3) is 0.120. The summed E-state index contributed by atoms with van der Waals surface area (Å²) in [6.45, 7) is 2.28. The number of para-hydroxylation sites is 1. The Bertz CT molecular complexity index is 1350. The van der Waals surface area contributed by atoms with Gasteiger partial charge in [0, 0.05) is 17.6 Å². The Balaban J connectivity index is 1.60. The molecule has 33 heavy (non-hydrogen) atoms. The van der Waals surface area contributed by atoms with Crippen molar-refractivity contribution >= 4 is 28.3 Å². The summed E-state index contributed by atoms with van der Waals surface area (Å²) in [5.41, 5.74) is 0.914. The lowest BCUT2D eigenvalue weighted by atomic mass is 10.1. The second-order valence-corrected chi connectivity index (χ2v) is 7.17. The number of hydrogen-bond donors (Lipinski definition) is 2. The van der Waals surface area contributed by atoms with Crippen LogP contribution >= 0.6 is 0 Å². The number of nitrogens with zero attached hydrogens (tertiary/aromatic N) is 2. The molecule has 2 amide bonds. The zero-order chi connectivity index (χ0) is 23.2. The topological polar surface area (TPSA) is 102 Å². The van der Waals surface area contributed by atoms with E-state index >= 15 is 0 Å². The second-order valence-electron chi connectivity index (χ2n) is 7.17. The van der Waals surface area contributed by atoms with Crippen molar-refractivity contribution in [3.63, 3.8) is 0 Å². The molecule has 0 unspecified atom stereocenters. The highest BCUT2D eigenvalue weighted by atomic mass is 16.5. The molecule has 0 radical (unpaired) electrons.